The van der Waals surface area contributed by atoms with Gasteiger partial charge in [0.25, 0.3) is 11.8 Å². The largest absolute Gasteiger partial charge is 0.491 e. The Morgan fingerprint density at radius 1 is 1.06 bits per heavy atom. The Bertz CT molecular complexity index is 1240. The number of hydrogen-bond acceptors (Lipinski definition) is 7. The number of nitrogens with two attached hydrogens (primary N) is 1. The molecule has 0 aliphatic carbocycles. The number of aromatic nitrogens is 1. The molecular formula is C25H25ClFN5O4. The Morgan fingerprint density at radius 3 is 2.56 bits per heavy atom. The topological polar surface area (TPSA) is 119 Å². The van der Waals surface area contributed by atoms with Gasteiger partial charge in [-0.3, -0.25) is 9.59 Å². The molecule has 36 heavy (non-hydrogen) atoms. The highest BCUT2D eigenvalue weighted by Crippen LogP contribution is 2.28. The van der Waals surface area contributed by atoms with Crippen molar-refractivity contribution in [2.75, 3.05) is 55.0 Å². The molecule has 0 bridgehead atoms. The predicted octanol–water partition coefficient (Wildman–Crippen LogP) is 3.55. The Morgan fingerprint density at radius 2 is 1.83 bits per heavy atom. The van der Waals surface area contributed by atoms with Gasteiger partial charge in [-0.2, -0.15) is 0 Å². The zero-order chi connectivity index (χ0) is 25.5. The lowest BCUT2D eigenvalue weighted by Crippen LogP contribution is -2.36. The minimum absolute atomic E-state index is 0.0746. The SMILES string of the molecule is NCCOc1cc(N2CCOCC2)ccc1C(=O)Nc1ccc(F)cc1C(=O)Nc1ccc(Cl)cn1. The molecule has 4 rings (SSSR count). The number of carbonyl (C=O) groups is 2. The maximum absolute atomic E-state index is 14.0. The molecule has 2 heterocycles. The quantitative estimate of drug-likeness (QED) is 0.421. The molecule has 1 fully saturated rings. The second-order valence-corrected chi connectivity index (χ2v) is 8.31. The first-order valence-corrected chi connectivity index (χ1v) is 11.7. The molecule has 2 amide bonds. The first-order chi connectivity index (χ1) is 17.4. The maximum atomic E-state index is 14.0. The summed E-state index contributed by atoms with van der Waals surface area (Å²) in [4.78, 5) is 32.2. The fourth-order valence-electron chi connectivity index (χ4n) is 3.64. The second kappa shape index (κ2) is 11.8. The third kappa shape index (κ3) is 6.28. The van der Waals surface area contributed by atoms with Gasteiger partial charge >= 0.3 is 0 Å². The molecule has 188 valence electrons. The highest BCUT2D eigenvalue weighted by atomic mass is 35.5. The summed E-state index contributed by atoms with van der Waals surface area (Å²) in [5, 5.41) is 5.66. The van der Waals surface area contributed by atoms with Gasteiger partial charge in [-0.25, -0.2) is 9.37 Å². The summed E-state index contributed by atoms with van der Waals surface area (Å²) in [7, 11) is 0. The standard InChI is InChI=1S/C25H25ClFN5O4/c26-16-1-6-23(29-15-16)31-25(34)20-13-17(27)2-5-21(20)30-24(33)19-4-3-18(14-22(19)36-10-7-28)32-8-11-35-12-9-32/h1-6,13-15H,7-12,28H2,(H,30,33)(H,29,31,34). The molecule has 0 unspecified atom stereocenters. The van der Waals surface area contributed by atoms with Gasteiger partial charge in [0.05, 0.1) is 35.1 Å². The highest BCUT2D eigenvalue weighted by molar-refractivity contribution is 6.30. The highest BCUT2D eigenvalue weighted by Gasteiger charge is 2.20. The smallest absolute Gasteiger partial charge is 0.259 e. The zero-order valence-corrected chi connectivity index (χ0v) is 20.1. The summed E-state index contributed by atoms with van der Waals surface area (Å²) < 4.78 is 25.2. The molecule has 1 aromatic heterocycles. The van der Waals surface area contributed by atoms with Crippen LogP contribution in [0.15, 0.2) is 54.7 Å². The summed E-state index contributed by atoms with van der Waals surface area (Å²) in [6, 6.07) is 11.8. The van der Waals surface area contributed by atoms with Crippen LogP contribution in [0.2, 0.25) is 5.02 Å². The van der Waals surface area contributed by atoms with Crippen LogP contribution in [0.25, 0.3) is 0 Å². The number of nitrogens with zero attached hydrogens (tertiary/aromatic N) is 2. The van der Waals surface area contributed by atoms with Crippen LogP contribution in [0.3, 0.4) is 0 Å². The van der Waals surface area contributed by atoms with E-state index in [2.05, 4.69) is 20.5 Å². The van der Waals surface area contributed by atoms with Crippen molar-refractivity contribution in [1.29, 1.82) is 0 Å². The summed E-state index contributed by atoms with van der Waals surface area (Å²) >= 11 is 5.83. The van der Waals surface area contributed by atoms with Crippen molar-refractivity contribution in [3.63, 3.8) is 0 Å². The van der Waals surface area contributed by atoms with Crippen molar-refractivity contribution in [3.05, 3.63) is 76.7 Å². The minimum atomic E-state index is -0.651. The number of halogens is 2. The van der Waals surface area contributed by atoms with Crippen LogP contribution in [0.4, 0.5) is 21.6 Å². The second-order valence-electron chi connectivity index (χ2n) is 7.88. The van der Waals surface area contributed by atoms with E-state index in [1.165, 1.54) is 18.3 Å². The first kappa shape index (κ1) is 25.4. The van der Waals surface area contributed by atoms with Crippen LogP contribution in [-0.4, -0.2) is 56.3 Å². The number of benzene rings is 2. The number of pyridine rings is 1. The number of morpholine rings is 1. The number of anilines is 3. The van der Waals surface area contributed by atoms with Crippen molar-refractivity contribution in [2.24, 2.45) is 5.73 Å². The molecule has 4 N–H and O–H groups in total. The van der Waals surface area contributed by atoms with E-state index in [1.807, 2.05) is 6.07 Å². The van der Waals surface area contributed by atoms with Crippen LogP contribution in [-0.2, 0) is 4.74 Å². The van der Waals surface area contributed by atoms with E-state index in [9.17, 15) is 14.0 Å². The van der Waals surface area contributed by atoms with Gasteiger partial charge in [0.2, 0.25) is 0 Å². The zero-order valence-electron chi connectivity index (χ0n) is 19.3. The molecule has 0 spiro atoms. The number of nitrogens with one attached hydrogen (secondary N) is 2. The molecule has 0 atom stereocenters. The number of carbonyl (C=O) groups excluding carboxylic acids is 2. The fraction of sp³-hybridized carbons (Fsp3) is 0.240. The van der Waals surface area contributed by atoms with E-state index in [4.69, 9.17) is 26.8 Å². The van der Waals surface area contributed by atoms with Gasteiger partial charge in [0, 0.05) is 37.6 Å². The van der Waals surface area contributed by atoms with Crippen molar-refractivity contribution in [2.45, 2.75) is 0 Å². The number of rotatable bonds is 8. The lowest BCUT2D eigenvalue weighted by Gasteiger charge is -2.29. The summed E-state index contributed by atoms with van der Waals surface area (Å²) in [5.41, 5.74) is 6.78. The van der Waals surface area contributed by atoms with Gasteiger partial charge in [-0.15, -0.1) is 0 Å². The van der Waals surface area contributed by atoms with Crippen LogP contribution < -0.4 is 26.0 Å². The number of hydrogen-bond donors (Lipinski definition) is 3. The Hall–Kier alpha value is -3.73. The number of ether oxygens (including phenoxy) is 2. The van der Waals surface area contributed by atoms with Crippen LogP contribution in [0.1, 0.15) is 20.7 Å². The molecule has 0 saturated carbocycles. The normalized spacial score (nSPS) is 13.2. The lowest BCUT2D eigenvalue weighted by molar-refractivity contribution is 0.102. The number of amides is 2. The molecule has 9 nitrogen and oxygen atoms in total. The summed E-state index contributed by atoms with van der Waals surface area (Å²) in [6.45, 7) is 3.15. The molecule has 0 radical (unpaired) electrons. The average Bonchev–Trinajstić information content (AvgIpc) is 2.90. The van der Waals surface area contributed by atoms with Gasteiger partial charge in [0.15, 0.2) is 0 Å². The van der Waals surface area contributed by atoms with E-state index in [0.717, 1.165) is 30.9 Å². The van der Waals surface area contributed by atoms with Gasteiger partial charge in [-0.05, 0) is 42.5 Å². The molecule has 1 aliphatic heterocycles. The van der Waals surface area contributed by atoms with Crippen molar-refractivity contribution < 1.29 is 23.5 Å². The Kier molecular flexibility index (Phi) is 8.32. The van der Waals surface area contributed by atoms with Gasteiger partial charge in [-0.1, -0.05) is 11.6 Å². The molecule has 1 saturated heterocycles. The summed E-state index contributed by atoms with van der Waals surface area (Å²) in [6.07, 6.45) is 1.37. The van der Waals surface area contributed by atoms with Gasteiger partial charge in [0.1, 0.15) is 24.0 Å². The fourth-order valence-corrected chi connectivity index (χ4v) is 3.75. The molecule has 3 aromatic rings. The molecular weight excluding hydrogens is 489 g/mol. The minimum Gasteiger partial charge on any atom is -0.491 e. The third-order valence-corrected chi connectivity index (χ3v) is 5.63. The monoisotopic (exact) mass is 513 g/mol. The molecule has 1 aliphatic rings. The molecule has 11 heteroatoms. The third-order valence-electron chi connectivity index (χ3n) is 5.40. The van der Waals surface area contributed by atoms with E-state index >= 15 is 0 Å². The van der Waals surface area contributed by atoms with Crippen molar-refractivity contribution in [1.82, 2.24) is 4.98 Å². The van der Waals surface area contributed by atoms with Crippen LogP contribution in [0, 0.1) is 5.82 Å². The first-order valence-electron chi connectivity index (χ1n) is 11.3. The van der Waals surface area contributed by atoms with E-state index in [0.29, 0.717) is 24.0 Å². The van der Waals surface area contributed by atoms with E-state index in [-0.39, 0.29) is 35.8 Å². The average molecular weight is 514 g/mol. The predicted molar refractivity (Wildman–Crippen MR) is 136 cm³/mol. The van der Waals surface area contributed by atoms with Crippen molar-refractivity contribution >= 4 is 40.6 Å². The van der Waals surface area contributed by atoms with Crippen molar-refractivity contribution in [3.8, 4) is 5.75 Å². The summed E-state index contributed by atoms with van der Waals surface area (Å²) in [5.74, 6) is -1.24. The van der Waals surface area contributed by atoms with Crippen LogP contribution in [0.5, 0.6) is 5.75 Å². The van der Waals surface area contributed by atoms with Crippen LogP contribution >= 0.6 is 11.6 Å². The Balaban J connectivity index is 1.58. The molecule has 2 aromatic carbocycles. The maximum Gasteiger partial charge on any atom is 0.259 e. The van der Waals surface area contributed by atoms with Gasteiger partial charge < -0.3 is 30.7 Å². The van der Waals surface area contributed by atoms with E-state index in [1.54, 1.807) is 18.2 Å². The lowest BCUT2D eigenvalue weighted by atomic mass is 10.1. The van der Waals surface area contributed by atoms with E-state index < -0.39 is 17.6 Å². The Labute approximate surface area is 212 Å².